The lowest BCUT2D eigenvalue weighted by Gasteiger charge is -2.29. The summed E-state index contributed by atoms with van der Waals surface area (Å²) < 4.78 is 0.744. The lowest BCUT2D eigenvalue weighted by atomic mass is 10.3. The van der Waals surface area contributed by atoms with Crippen LogP contribution in [-0.4, -0.2) is 67.0 Å². The van der Waals surface area contributed by atoms with Crippen molar-refractivity contribution in [3.63, 3.8) is 0 Å². The number of amides is 1. The van der Waals surface area contributed by atoms with E-state index in [2.05, 4.69) is 31.1 Å². The second-order valence-electron chi connectivity index (χ2n) is 4.65. The monoisotopic (exact) mass is 326 g/mol. The molecule has 1 aromatic heterocycles. The van der Waals surface area contributed by atoms with Crippen LogP contribution >= 0.6 is 15.9 Å². The van der Waals surface area contributed by atoms with Crippen LogP contribution in [0.25, 0.3) is 0 Å². The maximum absolute atomic E-state index is 12.2. The smallest absolute Gasteiger partial charge is 0.273 e. The van der Waals surface area contributed by atoms with Gasteiger partial charge in [0.1, 0.15) is 5.69 Å². The minimum atomic E-state index is -0.0393. The van der Waals surface area contributed by atoms with Gasteiger partial charge in [0.25, 0.3) is 5.91 Å². The molecule has 19 heavy (non-hydrogen) atoms. The van der Waals surface area contributed by atoms with E-state index in [1.165, 1.54) is 0 Å². The highest BCUT2D eigenvalue weighted by Gasteiger charge is 2.17. The number of carbonyl (C=O) groups is 1. The summed E-state index contributed by atoms with van der Waals surface area (Å²) in [5, 5.41) is 3.32. The van der Waals surface area contributed by atoms with Gasteiger partial charge in [0.05, 0.1) is 0 Å². The summed E-state index contributed by atoms with van der Waals surface area (Å²) in [4.78, 5) is 20.5. The Balaban J connectivity index is 1.87. The summed E-state index contributed by atoms with van der Waals surface area (Å²) in [7, 11) is 1.83. The summed E-state index contributed by atoms with van der Waals surface area (Å²) in [6.07, 6.45) is 1.64. The normalized spacial score (nSPS) is 16.3. The molecule has 1 N–H and O–H groups in total. The van der Waals surface area contributed by atoms with Gasteiger partial charge in [-0.15, -0.1) is 0 Å². The van der Waals surface area contributed by atoms with Gasteiger partial charge in [0.15, 0.2) is 0 Å². The summed E-state index contributed by atoms with van der Waals surface area (Å²) in [5.74, 6) is -0.0393. The fraction of sp³-hybridized carbons (Fsp3) is 0.538. The fourth-order valence-electron chi connectivity index (χ4n) is 2.05. The van der Waals surface area contributed by atoms with E-state index >= 15 is 0 Å². The van der Waals surface area contributed by atoms with Crippen LogP contribution in [0.4, 0.5) is 0 Å². The minimum absolute atomic E-state index is 0.0393. The zero-order chi connectivity index (χ0) is 13.7. The third kappa shape index (κ3) is 3.99. The highest BCUT2D eigenvalue weighted by Crippen LogP contribution is 2.14. The van der Waals surface area contributed by atoms with Crippen molar-refractivity contribution in [3.8, 4) is 0 Å². The second kappa shape index (κ2) is 6.98. The third-order valence-corrected chi connectivity index (χ3v) is 3.91. The molecule has 0 aliphatic carbocycles. The average molecular weight is 327 g/mol. The van der Waals surface area contributed by atoms with E-state index in [9.17, 15) is 4.79 Å². The van der Waals surface area contributed by atoms with Gasteiger partial charge in [0.2, 0.25) is 0 Å². The Labute approximate surface area is 122 Å². The van der Waals surface area contributed by atoms with Crippen LogP contribution in [0.5, 0.6) is 0 Å². The van der Waals surface area contributed by atoms with Gasteiger partial charge in [-0.25, -0.2) is 4.98 Å². The summed E-state index contributed by atoms with van der Waals surface area (Å²) in [5.41, 5.74) is 0.477. The number of hydrogen-bond donors (Lipinski definition) is 1. The summed E-state index contributed by atoms with van der Waals surface area (Å²) >= 11 is 3.36. The van der Waals surface area contributed by atoms with E-state index in [1.54, 1.807) is 11.1 Å². The van der Waals surface area contributed by atoms with Crippen LogP contribution in [0.1, 0.15) is 10.5 Å². The van der Waals surface area contributed by atoms with Crippen molar-refractivity contribution in [1.82, 2.24) is 20.1 Å². The number of nitrogens with one attached hydrogen (secondary N) is 1. The summed E-state index contributed by atoms with van der Waals surface area (Å²) in [6.45, 7) is 5.80. The van der Waals surface area contributed by atoms with Crippen LogP contribution in [-0.2, 0) is 0 Å². The maximum atomic E-state index is 12.2. The molecular weight excluding hydrogens is 308 g/mol. The van der Waals surface area contributed by atoms with Gasteiger partial charge >= 0.3 is 0 Å². The highest BCUT2D eigenvalue weighted by molar-refractivity contribution is 9.10. The molecule has 5 nitrogen and oxygen atoms in total. The molecule has 104 valence electrons. The molecule has 2 heterocycles. The number of pyridine rings is 1. The van der Waals surface area contributed by atoms with Crippen LogP contribution in [0, 0.1) is 0 Å². The number of nitrogens with zero attached hydrogens (tertiary/aromatic N) is 3. The Kier molecular flexibility index (Phi) is 5.30. The van der Waals surface area contributed by atoms with E-state index in [0.717, 1.165) is 43.7 Å². The third-order valence-electron chi connectivity index (χ3n) is 3.27. The molecule has 0 radical (unpaired) electrons. The number of halogens is 1. The Hall–Kier alpha value is -0.980. The Bertz CT molecular complexity index is 434. The molecule has 0 aromatic carbocycles. The minimum Gasteiger partial charge on any atom is -0.339 e. The predicted molar refractivity (Wildman–Crippen MR) is 78.2 cm³/mol. The first-order chi connectivity index (χ1) is 9.18. The lowest BCUT2D eigenvalue weighted by Crippen LogP contribution is -2.46. The zero-order valence-electron chi connectivity index (χ0n) is 11.1. The molecular formula is C13H19BrN4O. The molecule has 6 heteroatoms. The molecule has 1 fully saturated rings. The quantitative estimate of drug-likeness (QED) is 0.890. The van der Waals surface area contributed by atoms with Crippen molar-refractivity contribution in [2.24, 2.45) is 0 Å². The van der Waals surface area contributed by atoms with Crippen LogP contribution in [0.3, 0.4) is 0 Å². The van der Waals surface area contributed by atoms with Gasteiger partial charge < -0.3 is 10.2 Å². The number of aromatic nitrogens is 1. The first-order valence-corrected chi connectivity index (χ1v) is 7.27. The second-order valence-corrected chi connectivity index (χ2v) is 5.51. The van der Waals surface area contributed by atoms with E-state index in [4.69, 9.17) is 0 Å². The average Bonchev–Trinajstić information content (AvgIpc) is 2.45. The van der Waals surface area contributed by atoms with Crippen LogP contribution in [0.15, 0.2) is 22.8 Å². The van der Waals surface area contributed by atoms with Gasteiger partial charge in [-0.1, -0.05) is 0 Å². The molecule has 0 atom stereocenters. The van der Waals surface area contributed by atoms with Gasteiger partial charge in [0, 0.05) is 57.0 Å². The topological polar surface area (TPSA) is 48.5 Å². The van der Waals surface area contributed by atoms with Crippen molar-refractivity contribution in [1.29, 1.82) is 0 Å². The van der Waals surface area contributed by atoms with Crippen molar-refractivity contribution in [2.75, 3.05) is 46.3 Å². The molecule has 1 aliphatic rings. The number of hydrogen-bond acceptors (Lipinski definition) is 4. The molecule has 0 spiro atoms. The first kappa shape index (κ1) is 14.4. The van der Waals surface area contributed by atoms with Crippen LogP contribution < -0.4 is 5.32 Å². The molecule has 2 rings (SSSR count). The van der Waals surface area contributed by atoms with E-state index in [1.807, 2.05) is 19.2 Å². The molecule has 0 saturated carbocycles. The summed E-state index contributed by atoms with van der Waals surface area (Å²) in [6, 6.07) is 3.64. The molecule has 1 saturated heterocycles. The van der Waals surface area contributed by atoms with E-state index < -0.39 is 0 Å². The maximum Gasteiger partial charge on any atom is 0.273 e. The molecule has 0 bridgehead atoms. The standard InChI is InChI=1S/C13H19BrN4O/c1-17(9-10-18-7-5-15-6-8-18)13(19)12-11(14)3-2-4-16-12/h2-4,15H,5-10H2,1H3. The molecule has 1 aromatic rings. The van der Waals surface area contributed by atoms with Gasteiger partial charge in [-0.05, 0) is 28.1 Å². The Morgan fingerprint density at radius 2 is 2.26 bits per heavy atom. The van der Waals surface area contributed by atoms with Crippen molar-refractivity contribution < 1.29 is 4.79 Å². The number of rotatable bonds is 4. The van der Waals surface area contributed by atoms with Gasteiger partial charge in [-0.2, -0.15) is 0 Å². The molecule has 0 unspecified atom stereocenters. The Morgan fingerprint density at radius 1 is 1.53 bits per heavy atom. The number of carbonyl (C=O) groups excluding carboxylic acids is 1. The van der Waals surface area contributed by atoms with E-state index in [0.29, 0.717) is 5.69 Å². The highest BCUT2D eigenvalue weighted by atomic mass is 79.9. The van der Waals surface area contributed by atoms with Crippen molar-refractivity contribution in [2.45, 2.75) is 0 Å². The van der Waals surface area contributed by atoms with Crippen LogP contribution in [0.2, 0.25) is 0 Å². The molecule has 1 amide bonds. The van der Waals surface area contributed by atoms with Gasteiger partial charge in [-0.3, -0.25) is 9.69 Å². The van der Waals surface area contributed by atoms with Crippen molar-refractivity contribution >= 4 is 21.8 Å². The number of likely N-dealkylation sites (N-methyl/N-ethyl adjacent to an activating group) is 1. The fourth-order valence-corrected chi connectivity index (χ4v) is 2.48. The SMILES string of the molecule is CN(CCN1CCNCC1)C(=O)c1ncccc1Br. The van der Waals surface area contributed by atoms with E-state index in [-0.39, 0.29) is 5.91 Å². The molecule has 1 aliphatic heterocycles. The largest absolute Gasteiger partial charge is 0.339 e. The first-order valence-electron chi connectivity index (χ1n) is 6.47. The zero-order valence-corrected chi connectivity index (χ0v) is 12.7. The number of piperazine rings is 1. The predicted octanol–water partition coefficient (Wildman–Crippen LogP) is 0.821. The van der Waals surface area contributed by atoms with Crippen molar-refractivity contribution in [3.05, 3.63) is 28.5 Å². The lowest BCUT2D eigenvalue weighted by molar-refractivity contribution is 0.0768. The Morgan fingerprint density at radius 3 is 2.95 bits per heavy atom.